The summed E-state index contributed by atoms with van der Waals surface area (Å²) in [5, 5.41) is 0. The molecule has 0 atom stereocenters. The lowest BCUT2D eigenvalue weighted by Crippen LogP contribution is -2.48. The molecule has 0 radical (unpaired) electrons. The summed E-state index contributed by atoms with van der Waals surface area (Å²) < 4.78 is 0. The first-order valence-corrected chi connectivity index (χ1v) is 9.64. The van der Waals surface area contributed by atoms with Crippen LogP contribution >= 0.6 is 0 Å². The second-order valence-corrected chi connectivity index (χ2v) is 7.45. The molecule has 27 heavy (non-hydrogen) atoms. The van der Waals surface area contributed by atoms with Gasteiger partial charge in [0, 0.05) is 50.3 Å². The predicted molar refractivity (Wildman–Crippen MR) is 109 cm³/mol. The molecule has 0 aromatic heterocycles. The van der Waals surface area contributed by atoms with Gasteiger partial charge in [-0.2, -0.15) is 0 Å². The van der Waals surface area contributed by atoms with Crippen LogP contribution in [0.2, 0.25) is 0 Å². The van der Waals surface area contributed by atoms with Crippen molar-refractivity contribution < 1.29 is 9.59 Å². The van der Waals surface area contributed by atoms with E-state index in [0.717, 1.165) is 29.8 Å². The van der Waals surface area contributed by atoms with Gasteiger partial charge in [-0.15, -0.1) is 0 Å². The summed E-state index contributed by atoms with van der Waals surface area (Å²) in [4.78, 5) is 29.2. The Labute approximate surface area is 161 Å². The first kappa shape index (κ1) is 19.2. The number of ketones is 1. The number of hydrogen-bond acceptors (Lipinski definition) is 3. The Balaban J connectivity index is 1.51. The van der Waals surface area contributed by atoms with Crippen LogP contribution in [0.4, 0.5) is 5.69 Å². The topological polar surface area (TPSA) is 40.6 Å². The standard InChI is InChI=1S/C23H28N2O2/c1-17-5-4-6-20(15-17)24-11-13-25(14-12-24)23(27)10-9-22(26)21-16-18(2)7-8-19(21)3/h4-8,15-16H,9-14H2,1-3H3. The first-order chi connectivity index (χ1) is 12.9. The minimum absolute atomic E-state index is 0.0583. The SMILES string of the molecule is Cc1cccc(N2CCN(C(=O)CCC(=O)c3cc(C)ccc3C)CC2)c1. The Hall–Kier alpha value is -2.62. The summed E-state index contributed by atoms with van der Waals surface area (Å²) >= 11 is 0. The zero-order chi connectivity index (χ0) is 19.4. The van der Waals surface area contributed by atoms with Crippen LogP contribution in [0.3, 0.4) is 0 Å². The largest absolute Gasteiger partial charge is 0.368 e. The molecule has 0 N–H and O–H groups in total. The number of nitrogens with zero attached hydrogens (tertiary/aromatic N) is 2. The van der Waals surface area contributed by atoms with Crippen LogP contribution in [0.1, 0.15) is 39.9 Å². The van der Waals surface area contributed by atoms with Crippen molar-refractivity contribution >= 4 is 17.4 Å². The summed E-state index contributed by atoms with van der Waals surface area (Å²) in [7, 11) is 0. The Morgan fingerprint density at radius 2 is 1.56 bits per heavy atom. The van der Waals surface area contributed by atoms with E-state index in [1.54, 1.807) is 0 Å². The van der Waals surface area contributed by atoms with Gasteiger partial charge in [-0.05, 0) is 50.1 Å². The predicted octanol–water partition coefficient (Wildman–Crippen LogP) is 3.92. The molecule has 1 aliphatic heterocycles. The molecule has 4 nitrogen and oxygen atoms in total. The van der Waals surface area contributed by atoms with Crippen LogP contribution in [0, 0.1) is 20.8 Å². The van der Waals surface area contributed by atoms with E-state index < -0.39 is 0 Å². The van der Waals surface area contributed by atoms with Gasteiger partial charge >= 0.3 is 0 Å². The number of amides is 1. The van der Waals surface area contributed by atoms with Crippen LogP contribution in [0.15, 0.2) is 42.5 Å². The first-order valence-electron chi connectivity index (χ1n) is 9.64. The lowest BCUT2D eigenvalue weighted by molar-refractivity contribution is -0.131. The molecule has 3 rings (SSSR count). The number of piperazine rings is 1. The van der Waals surface area contributed by atoms with Gasteiger partial charge in [-0.3, -0.25) is 9.59 Å². The summed E-state index contributed by atoms with van der Waals surface area (Å²) in [6.07, 6.45) is 0.567. The number of carbonyl (C=O) groups excluding carboxylic acids is 2. The van der Waals surface area contributed by atoms with E-state index >= 15 is 0 Å². The van der Waals surface area contributed by atoms with E-state index in [1.165, 1.54) is 11.3 Å². The van der Waals surface area contributed by atoms with Gasteiger partial charge in [0.1, 0.15) is 0 Å². The lowest BCUT2D eigenvalue weighted by Gasteiger charge is -2.36. The molecule has 0 unspecified atom stereocenters. The van der Waals surface area contributed by atoms with Gasteiger partial charge in [-0.1, -0.05) is 29.8 Å². The molecule has 1 saturated heterocycles. The fourth-order valence-corrected chi connectivity index (χ4v) is 3.59. The maximum absolute atomic E-state index is 12.5. The van der Waals surface area contributed by atoms with Crippen molar-refractivity contribution in [3.8, 4) is 0 Å². The molecule has 0 aliphatic carbocycles. The average Bonchev–Trinajstić information content (AvgIpc) is 2.68. The van der Waals surface area contributed by atoms with Crippen molar-refractivity contribution in [1.82, 2.24) is 4.90 Å². The summed E-state index contributed by atoms with van der Waals surface area (Å²) in [6, 6.07) is 14.4. The van der Waals surface area contributed by atoms with Gasteiger partial charge in [0.2, 0.25) is 5.91 Å². The van der Waals surface area contributed by atoms with Crippen LogP contribution in [0.25, 0.3) is 0 Å². The second kappa shape index (κ2) is 8.38. The third-order valence-corrected chi connectivity index (χ3v) is 5.26. The smallest absolute Gasteiger partial charge is 0.223 e. The van der Waals surface area contributed by atoms with E-state index in [9.17, 15) is 9.59 Å². The summed E-state index contributed by atoms with van der Waals surface area (Å²) in [5.74, 6) is 0.139. The molecule has 4 heteroatoms. The van der Waals surface area contributed by atoms with Crippen molar-refractivity contribution in [2.75, 3.05) is 31.1 Å². The molecule has 2 aromatic carbocycles. The van der Waals surface area contributed by atoms with Crippen molar-refractivity contribution in [3.63, 3.8) is 0 Å². The fourth-order valence-electron chi connectivity index (χ4n) is 3.59. The molecule has 1 heterocycles. The molecular weight excluding hydrogens is 336 g/mol. The monoisotopic (exact) mass is 364 g/mol. The van der Waals surface area contributed by atoms with E-state index in [-0.39, 0.29) is 24.5 Å². The maximum atomic E-state index is 12.5. The molecule has 0 spiro atoms. The minimum Gasteiger partial charge on any atom is -0.368 e. The number of hydrogen-bond donors (Lipinski definition) is 0. The number of aryl methyl sites for hydroxylation is 3. The molecule has 1 aliphatic rings. The Kier molecular flexibility index (Phi) is 5.94. The number of rotatable bonds is 5. The third-order valence-electron chi connectivity index (χ3n) is 5.26. The van der Waals surface area contributed by atoms with E-state index in [4.69, 9.17) is 0 Å². The van der Waals surface area contributed by atoms with Gasteiger partial charge in [0.15, 0.2) is 5.78 Å². The van der Waals surface area contributed by atoms with Crippen LogP contribution < -0.4 is 4.90 Å². The molecule has 1 fully saturated rings. The molecular formula is C23H28N2O2. The number of Topliss-reactive ketones (excluding diaryl/α,β-unsaturated/α-hetero) is 1. The van der Waals surface area contributed by atoms with Gasteiger partial charge in [0.05, 0.1) is 0 Å². The van der Waals surface area contributed by atoms with Gasteiger partial charge in [0.25, 0.3) is 0 Å². The van der Waals surface area contributed by atoms with E-state index in [2.05, 4.69) is 36.1 Å². The van der Waals surface area contributed by atoms with Crippen LogP contribution in [-0.4, -0.2) is 42.8 Å². The molecule has 0 saturated carbocycles. The molecule has 2 aromatic rings. The molecule has 142 valence electrons. The van der Waals surface area contributed by atoms with Gasteiger partial charge < -0.3 is 9.80 Å². The van der Waals surface area contributed by atoms with Crippen LogP contribution in [0.5, 0.6) is 0 Å². The van der Waals surface area contributed by atoms with Crippen molar-refractivity contribution in [3.05, 3.63) is 64.7 Å². The Bertz CT molecular complexity index is 836. The number of benzene rings is 2. The van der Waals surface area contributed by atoms with Gasteiger partial charge in [-0.25, -0.2) is 0 Å². The zero-order valence-electron chi connectivity index (χ0n) is 16.5. The van der Waals surface area contributed by atoms with Crippen molar-refractivity contribution in [1.29, 1.82) is 0 Å². The van der Waals surface area contributed by atoms with Crippen molar-refractivity contribution in [2.45, 2.75) is 33.6 Å². The average molecular weight is 364 g/mol. The van der Waals surface area contributed by atoms with Crippen LogP contribution in [-0.2, 0) is 4.79 Å². The Morgan fingerprint density at radius 1 is 0.852 bits per heavy atom. The fraction of sp³-hybridized carbons (Fsp3) is 0.391. The van der Waals surface area contributed by atoms with E-state index in [1.807, 2.05) is 36.9 Å². The third kappa shape index (κ3) is 4.76. The van der Waals surface area contributed by atoms with Crippen molar-refractivity contribution in [2.24, 2.45) is 0 Å². The lowest BCUT2D eigenvalue weighted by atomic mass is 9.99. The number of carbonyl (C=O) groups is 2. The summed E-state index contributed by atoms with van der Waals surface area (Å²) in [6.45, 7) is 9.11. The zero-order valence-corrected chi connectivity index (χ0v) is 16.5. The second-order valence-electron chi connectivity index (χ2n) is 7.45. The normalized spacial score (nSPS) is 14.3. The van der Waals surface area contributed by atoms with E-state index in [0.29, 0.717) is 13.1 Å². The minimum atomic E-state index is 0.0583. The highest BCUT2D eigenvalue weighted by molar-refractivity contribution is 5.99. The quantitative estimate of drug-likeness (QED) is 0.755. The summed E-state index contributed by atoms with van der Waals surface area (Å²) in [5.41, 5.74) is 5.25. The highest BCUT2D eigenvalue weighted by Gasteiger charge is 2.22. The number of anilines is 1. The maximum Gasteiger partial charge on any atom is 0.223 e. The molecule has 0 bridgehead atoms. The highest BCUT2D eigenvalue weighted by Crippen LogP contribution is 2.19. The Morgan fingerprint density at radius 3 is 2.26 bits per heavy atom. The highest BCUT2D eigenvalue weighted by atomic mass is 16.2. The molecule has 1 amide bonds.